The van der Waals surface area contributed by atoms with E-state index in [-0.39, 0.29) is 22.0 Å². The van der Waals surface area contributed by atoms with Crippen molar-refractivity contribution in [1.82, 2.24) is 15.1 Å². The van der Waals surface area contributed by atoms with Crippen LogP contribution in [0.5, 0.6) is 0 Å². The van der Waals surface area contributed by atoms with Crippen molar-refractivity contribution in [2.24, 2.45) is 0 Å². The van der Waals surface area contributed by atoms with Crippen LogP contribution in [0.2, 0.25) is 5.02 Å². The van der Waals surface area contributed by atoms with Crippen molar-refractivity contribution in [3.05, 3.63) is 58.6 Å². The fourth-order valence-electron chi connectivity index (χ4n) is 4.81. The van der Waals surface area contributed by atoms with Gasteiger partial charge in [0.15, 0.2) is 0 Å². The van der Waals surface area contributed by atoms with Gasteiger partial charge in [-0.2, -0.15) is 0 Å². The van der Waals surface area contributed by atoms with E-state index in [0.29, 0.717) is 26.2 Å². The van der Waals surface area contributed by atoms with Crippen LogP contribution < -0.4 is 14.5 Å². The summed E-state index contributed by atoms with van der Waals surface area (Å²) in [7, 11) is -3.72. The van der Waals surface area contributed by atoms with Crippen LogP contribution in [0.25, 0.3) is 0 Å². The van der Waals surface area contributed by atoms with E-state index in [4.69, 9.17) is 11.6 Å². The van der Waals surface area contributed by atoms with Crippen molar-refractivity contribution >= 4 is 55.4 Å². The second-order valence-electron chi connectivity index (χ2n) is 8.90. The third-order valence-corrected chi connectivity index (χ3v) is 9.03. The van der Waals surface area contributed by atoms with E-state index in [2.05, 4.69) is 24.7 Å². The zero-order chi connectivity index (χ0) is 25.3. The number of sulfonamides is 1. The van der Waals surface area contributed by atoms with E-state index in [1.807, 2.05) is 30.0 Å². The number of anilines is 3. The largest absolute Gasteiger partial charge is 0.368 e. The molecule has 1 aromatic heterocycles. The molecule has 0 bridgehead atoms. The molecule has 0 radical (unpaired) electrons. The Balaban J connectivity index is 1.20. The van der Waals surface area contributed by atoms with Gasteiger partial charge in [0, 0.05) is 49.1 Å². The third-order valence-electron chi connectivity index (χ3n) is 6.71. The predicted molar refractivity (Wildman–Crippen MR) is 143 cm³/mol. The van der Waals surface area contributed by atoms with E-state index >= 15 is 0 Å². The lowest BCUT2D eigenvalue weighted by Gasteiger charge is -2.41. The van der Waals surface area contributed by atoms with E-state index in [9.17, 15) is 13.2 Å². The number of benzene rings is 2. The Bertz CT molecular complexity index is 1330. The summed E-state index contributed by atoms with van der Waals surface area (Å²) in [4.78, 5) is 19.8. The number of aromatic nitrogens is 2. The number of aryl methyl sites for hydroxylation is 1. The smallest absolute Gasteiger partial charge is 0.263 e. The molecule has 36 heavy (non-hydrogen) atoms. The van der Waals surface area contributed by atoms with Gasteiger partial charge in [0.2, 0.25) is 11.0 Å². The number of rotatable bonds is 6. The van der Waals surface area contributed by atoms with E-state index in [1.54, 1.807) is 24.3 Å². The topological polar surface area (TPSA) is 98.7 Å². The van der Waals surface area contributed by atoms with E-state index in [0.717, 1.165) is 47.1 Å². The SMILES string of the molecule is C[C@@H](C(=O)N1CCN(c2ccc(S(=O)(=O)Nc3nncs3)cc2)CC1)N1CCCc2cc(Cl)ccc21. The second kappa shape index (κ2) is 10.2. The van der Waals surface area contributed by atoms with Crippen LogP contribution >= 0.6 is 22.9 Å². The van der Waals surface area contributed by atoms with Gasteiger partial charge in [0.05, 0.1) is 4.90 Å². The van der Waals surface area contributed by atoms with Crippen LogP contribution in [0.4, 0.5) is 16.5 Å². The first kappa shape index (κ1) is 24.8. The first-order chi connectivity index (χ1) is 17.3. The van der Waals surface area contributed by atoms with Crippen molar-refractivity contribution in [3.63, 3.8) is 0 Å². The maximum atomic E-state index is 13.4. The zero-order valence-electron chi connectivity index (χ0n) is 19.8. The molecule has 190 valence electrons. The highest BCUT2D eigenvalue weighted by Gasteiger charge is 2.31. The number of hydrogen-bond acceptors (Lipinski definition) is 8. The molecule has 0 aliphatic carbocycles. The number of piperazine rings is 1. The van der Waals surface area contributed by atoms with Gasteiger partial charge in [-0.05, 0) is 67.8 Å². The van der Waals surface area contributed by atoms with Gasteiger partial charge in [-0.3, -0.25) is 9.52 Å². The summed E-state index contributed by atoms with van der Waals surface area (Å²) < 4.78 is 27.5. The molecule has 5 rings (SSSR count). The van der Waals surface area contributed by atoms with Crippen molar-refractivity contribution in [2.45, 2.75) is 30.7 Å². The fraction of sp³-hybridized carbons (Fsp3) is 0.375. The minimum atomic E-state index is -3.72. The van der Waals surface area contributed by atoms with Gasteiger partial charge in [-0.15, -0.1) is 10.2 Å². The fourth-order valence-corrected chi connectivity index (χ4v) is 6.69. The Morgan fingerprint density at radius 1 is 1.08 bits per heavy atom. The summed E-state index contributed by atoms with van der Waals surface area (Å²) in [5.74, 6) is 0.127. The van der Waals surface area contributed by atoms with E-state index < -0.39 is 10.0 Å². The van der Waals surface area contributed by atoms with Crippen LogP contribution in [-0.2, 0) is 21.2 Å². The predicted octanol–water partition coefficient (Wildman–Crippen LogP) is 3.48. The average Bonchev–Trinajstić information content (AvgIpc) is 3.40. The molecule has 12 heteroatoms. The number of nitrogens with zero attached hydrogens (tertiary/aromatic N) is 5. The van der Waals surface area contributed by atoms with E-state index in [1.165, 1.54) is 11.1 Å². The molecule has 0 saturated carbocycles. The molecule has 0 spiro atoms. The quantitative estimate of drug-likeness (QED) is 0.505. The lowest BCUT2D eigenvalue weighted by molar-refractivity contribution is -0.132. The molecular formula is C24H27ClN6O3S2. The highest BCUT2D eigenvalue weighted by atomic mass is 35.5. The van der Waals surface area contributed by atoms with Crippen molar-refractivity contribution in [2.75, 3.05) is 47.2 Å². The molecule has 9 nitrogen and oxygen atoms in total. The molecular weight excluding hydrogens is 520 g/mol. The number of nitrogens with one attached hydrogen (secondary N) is 1. The Morgan fingerprint density at radius 3 is 2.53 bits per heavy atom. The number of fused-ring (bicyclic) bond motifs is 1. The maximum absolute atomic E-state index is 13.4. The summed E-state index contributed by atoms with van der Waals surface area (Å²) >= 11 is 7.30. The summed E-state index contributed by atoms with van der Waals surface area (Å²) in [5.41, 5.74) is 4.68. The van der Waals surface area contributed by atoms with Gasteiger partial charge in [-0.1, -0.05) is 22.9 Å². The third kappa shape index (κ3) is 5.14. The van der Waals surface area contributed by atoms with Crippen LogP contribution in [0.1, 0.15) is 18.9 Å². The van der Waals surface area contributed by atoms with Gasteiger partial charge in [0.25, 0.3) is 10.0 Å². The van der Waals surface area contributed by atoms with Gasteiger partial charge >= 0.3 is 0 Å². The number of amides is 1. The first-order valence-electron chi connectivity index (χ1n) is 11.8. The monoisotopic (exact) mass is 546 g/mol. The lowest BCUT2D eigenvalue weighted by atomic mass is 10.00. The van der Waals surface area contributed by atoms with Crippen LogP contribution in [-0.4, -0.2) is 68.2 Å². The summed E-state index contributed by atoms with van der Waals surface area (Å²) in [6.07, 6.45) is 1.98. The molecule has 3 heterocycles. The van der Waals surface area contributed by atoms with Crippen LogP contribution in [0, 0.1) is 0 Å². The molecule has 2 aliphatic rings. The molecule has 1 atom stereocenters. The molecule has 2 aliphatic heterocycles. The van der Waals surface area contributed by atoms with Gasteiger partial charge < -0.3 is 14.7 Å². The molecule has 1 saturated heterocycles. The minimum Gasteiger partial charge on any atom is -0.368 e. The second-order valence-corrected chi connectivity index (χ2v) is 11.9. The first-order valence-corrected chi connectivity index (χ1v) is 14.5. The van der Waals surface area contributed by atoms with Crippen LogP contribution in [0.3, 0.4) is 0 Å². The molecule has 2 aromatic carbocycles. The number of hydrogen-bond donors (Lipinski definition) is 1. The van der Waals surface area contributed by atoms with Crippen molar-refractivity contribution < 1.29 is 13.2 Å². The summed E-state index contributed by atoms with van der Waals surface area (Å²) in [5, 5.41) is 8.32. The Labute approximate surface area is 219 Å². The Kier molecular flexibility index (Phi) is 7.05. The zero-order valence-corrected chi connectivity index (χ0v) is 22.2. The number of carbonyl (C=O) groups is 1. The van der Waals surface area contributed by atoms with Crippen molar-refractivity contribution in [1.29, 1.82) is 0 Å². The molecule has 1 amide bonds. The molecule has 1 N–H and O–H groups in total. The highest BCUT2D eigenvalue weighted by Crippen LogP contribution is 2.31. The average molecular weight is 547 g/mol. The highest BCUT2D eigenvalue weighted by molar-refractivity contribution is 7.93. The number of carbonyl (C=O) groups excluding carboxylic acids is 1. The number of halogens is 1. The standard InChI is InChI=1S/C24H27ClN6O3S2/c1-17(31-10-2-3-18-15-19(25)4-9-22(18)31)23(32)30-13-11-29(12-14-30)20-5-7-21(8-6-20)36(33,34)28-24-27-26-16-35-24/h4-9,15-17H,2-3,10-14H2,1H3,(H,27,28)/t17-/m0/s1. The normalized spacial score (nSPS) is 17.0. The van der Waals surface area contributed by atoms with Gasteiger partial charge in [-0.25, -0.2) is 8.42 Å². The molecule has 3 aromatic rings. The lowest BCUT2D eigenvalue weighted by Crippen LogP contribution is -2.55. The Morgan fingerprint density at radius 2 is 1.83 bits per heavy atom. The molecule has 0 unspecified atom stereocenters. The minimum absolute atomic E-state index is 0.127. The van der Waals surface area contributed by atoms with Crippen LogP contribution in [0.15, 0.2) is 52.9 Å². The Hall–Kier alpha value is -2.89. The summed E-state index contributed by atoms with van der Waals surface area (Å²) in [6, 6.07) is 12.4. The van der Waals surface area contributed by atoms with Crippen molar-refractivity contribution in [3.8, 4) is 0 Å². The maximum Gasteiger partial charge on any atom is 0.263 e. The summed E-state index contributed by atoms with van der Waals surface area (Å²) in [6.45, 7) is 5.42. The molecule has 1 fully saturated rings. The van der Waals surface area contributed by atoms with Gasteiger partial charge in [0.1, 0.15) is 11.6 Å².